The maximum Gasteiger partial charge on any atom is 0.191 e. The minimum Gasteiger partial charge on any atom is -0.496 e. The van der Waals surface area contributed by atoms with Crippen LogP contribution in [0.1, 0.15) is 22.4 Å². The minimum absolute atomic E-state index is 0.550. The summed E-state index contributed by atoms with van der Waals surface area (Å²) in [7, 11) is 6.66. The molecular weight excluding hydrogens is 344 g/mol. The van der Waals surface area contributed by atoms with Gasteiger partial charge in [0.05, 0.1) is 33.6 Å². The molecule has 7 heteroatoms. The molecule has 7 nitrogen and oxygen atoms in total. The maximum absolute atomic E-state index is 5.46. The second kappa shape index (κ2) is 9.66. The number of hydrogen-bond acceptors (Lipinski definition) is 5. The van der Waals surface area contributed by atoms with E-state index in [1.165, 1.54) is 0 Å². The molecule has 0 atom stereocenters. The van der Waals surface area contributed by atoms with Gasteiger partial charge in [-0.25, -0.2) is 0 Å². The molecule has 0 aliphatic heterocycles. The van der Waals surface area contributed by atoms with E-state index < -0.39 is 0 Å². The molecule has 0 fully saturated rings. The third kappa shape index (κ3) is 5.03. The average Bonchev–Trinajstić information content (AvgIpc) is 2.69. The second-order valence-electron chi connectivity index (χ2n) is 6.01. The van der Waals surface area contributed by atoms with Gasteiger partial charge in [0.1, 0.15) is 5.75 Å². The molecule has 2 aromatic rings. The highest BCUT2D eigenvalue weighted by molar-refractivity contribution is 5.79. The largest absolute Gasteiger partial charge is 0.496 e. The maximum atomic E-state index is 5.46. The number of aromatic nitrogens is 1. The summed E-state index contributed by atoms with van der Waals surface area (Å²) < 4.78 is 16.1. The number of hydrogen-bond donors (Lipinski definition) is 2. The molecule has 0 amide bonds. The average molecular weight is 372 g/mol. The van der Waals surface area contributed by atoms with Crippen LogP contribution in [-0.2, 0) is 13.1 Å². The predicted molar refractivity (Wildman–Crippen MR) is 107 cm³/mol. The van der Waals surface area contributed by atoms with Gasteiger partial charge in [-0.1, -0.05) is 6.07 Å². The van der Waals surface area contributed by atoms with E-state index in [-0.39, 0.29) is 0 Å². The zero-order chi connectivity index (χ0) is 19.8. The summed E-state index contributed by atoms with van der Waals surface area (Å²) in [6.45, 7) is 5.15. The van der Waals surface area contributed by atoms with Gasteiger partial charge in [-0.2, -0.15) is 0 Å². The molecule has 1 heterocycles. The molecule has 0 bridgehead atoms. The molecule has 0 radical (unpaired) electrons. The van der Waals surface area contributed by atoms with Crippen LogP contribution < -0.4 is 24.8 Å². The first-order valence-corrected chi connectivity index (χ1v) is 8.68. The third-order valence-corrected chi connectivity index (χ3v) is 4.30. The molecule has 2 N–H and O–H groups in total. The lowest BCUT2D eigenvalue weighted by Crippen LogP contribution is -2.36. The summed E-state index contributed by atoms with van der Waals surface area (Å²) in [5, 5.41) is 6.57. The molecule has 0 saturated carbocycles. The number of rotatable bonds is 7. The summed E-state index contributed by atoms with van der Waals surface area (Å²) >= 11 is 0. The summed E-state index contributed by atoms with van der Waals surface area (Å²) in [5.41, 5.74) is 4.03. The highest BCUT2D eigenvalue weighted by atomic mass is 16.5. The number of pyridine rings is 1. The van der Waals surface area contributed by atoms with Crippen molar-refractivity contribution in [2.75, 3.05) is 28.4 Å². The fraction of sp³-hybridized carbons (Fsp3) is 0.400. The first kappa shape index (κ1) is 20.4. The zero-order valence-electron chi connectivity index (χ0n) is 16.8. The Morgan fingerprint density at radius 2 is 1.70 bits per heavy atom. The summed E-state index contributed by atoms with van der Waals surface area (Å²) in [6.07, 6.45) is 1.82. The molecule has 0 saturated heterocycles. The van der Waals surface area contributed by atoms with Crippen molar-refractivity contribution in [1.29, 1.82) is 0 Å². The fourth-order valence-electron chi connectivity index (χ4n) is 2.81. The Balaban J connectivity index is 1.99. The first-order chi connectivity index (χ1) is 13.0. The number of guanidine groups is 1. The van der Waals surface area contributed by atoms with Gasteiger partial charge in [0.2, 0.25) is 0 Å². The van der Waals surface area contributed by atoms with Crippen molar-refractivity contribution in [2.45, 2.75) is 26.9 Å². The number of benzene rings is 1. The molecular formula is C20H28N4O3. The Bertz CT molecular complexity index is 806. The van der Waals surface area contributed by atoms with E-state index in [1.54, 1.807) is 28.4 Å². The van der Waals surface area contributed by atoms with Crippen LogP contribution in [0.3, 0.4) is 0 Å². The smallest absolute Gasteiger partial charge is 0.191 e. The van der Waals surface area contributed by atoms with Gasteiger partial charge in [0.25, 0.3) is 0 Å². The monoisotopic (exact) mass is 372 g/mol. The van der Waals surface area contributed by atoms with E-state index in [0.717, 1.165) is 28.1 Å². The van der Waals surface area contributed by atoms with E-state index >= 15 is 0 Å². The Kier molecular flexibility index (Phi) is 7.28. The van der Waals surface area contributed by atoms with Gasteiger partial charge in [0.15, 0.2) is 17.5 Å². The molecule has 2 rings (SSSR count). The van der Waals surface area contributed by atoms with E-state index in [1.807, 2.05) is 38.2 Å². The van der Waals surface area contributed by atoms with E-state index in [9.17, 15) is 0 Å². The van der Waals surface area contributed by atoms with Crippen LogP contribution in [0.15, 0.2) is 29.4 Å². The number of nitrogens with one attached hydrogen (secondary N) is 2. The molecule has 0 aliphatic carbocycles. The van der Waals surface area contributed by atoms with Crippen molar-refractivity contribution >= 4 is 5.96 Å². The number of aliphatic imine (C=N–C) groups is 1. The van der Waals surface area contributed by atoms with Gasteiger partial charge < -0.3 is 24.8 Å². The van der Waals surface area contributed by atoms with Gasteiger partial charge in [-0.3, -0.25) is 9.98 Å². The van der Waals surface area contributed by atoms with Crippen molar-refractivity contribution in [3.8, 4) is 17.2 Å². The quantitative estimate of drug-likeness (QED) is 0.575. The molecule has 0 unspecified atom stereocenters. The predicted octanol–water partition coefficient (Wildman–Crippen LogP) is 2.59. The molecule has 0 spiro atoms. The zero-order valence-corrected chi connectivity index (χ0v) is 16.8. The van der Waals surface area contributed by atoms with Crippen molar-refractivity contribution in [3.05, 3.63) is 46.8 Å². The van der Waals surface area contributed by atoms with Crippen molar-refractivity contribution < 1.29 is 14.2 Å². The topological polar surface area (TPSA) is 77.0 Å². The summed E-state index contributed by atoms with van der Waals surface area (Å²) in [5.74, 6) is 2.96. The SMILES string of the molecule is CN=C(NCc1ccc(OC)c(OC)c1)NCc1ncc(C)c(OC)c1C. The number of ether oxygens (including phenoxy) is 3. The van der Waals surface area contributed by atoms with E-state index in [4.69, 9.17) is 14.2 Å². The van der Waals surface area contributed by atoms with Crippen LogP contribution in [-0.4, -0.2) is 39.3 Å². The van der Waals surface area contributed by atoms with Gasteiger partial charge in [-0.15, -0.1) is 0 Å². The fourth-order valence-corrected chi connectivity index (χ4v) is 2.81. The van der Waals surface area contributed by atoms with Crippen LogP contribution in [0.25, 0.3) is 0 Å². The summed E-state index contributed by atoms with van der Waals surface area (Å²) in [6, 6.07) is 5.81. The summed E-state index contributed by atoms with van der Waals surface area (Å²) in [4.78, 5) is 8.76. The van der Waals surface area contributed by atoms with Crippen LogP contribution >= 0.6 is 0 Å². The molecule has 1 aromatic heterocycles. The first-order valence-electron chi connectivity index (χ1n) is 8.68. The van der Waals surface area contributed by atoms with Gasteiger partial charge in [0, 0.05) is 30.9 Å². The molecule has 1 aromatic carbocycles. The number of nitrogens with zero attached hydrogens (tertiary/aromatic N) is 2. The lowest BCUT2D eigenvalue weighted by molar-refractivity contribution is 0.354. The Morgan fingerprint density at radius 1 is 1.00 bits per heavy atom. The van der Waals surface area contributed by atoms with Gasteiger partial charge in [-0.05, 0) is 31.5 Å². The van der Waals surface area contributed by atoms with Crippen LogP contribution in [0, 0.1) is 13.8 Å². The van der Waals surface area contributed by atoms with Crippen LogP contribution in [0.2, 0.25) is 0 Å². The normalized spacial score (nSPS) is 11.1. The Labute approximate surface area is 160 Å². The highest BCUT2D eigenvalue weighted by Crippen LogP contribution is 2.27. The van der Waals surface area contributed by atoms with Gasteiger partial charge >= 0.3 is 0 Å². The minimum atomic E-state index is 0.550. The number of aryl methyl sites for hydroxylation is 1. The van der Waals surface area contributed by atoms with Crippen LogP contribution in [0.5, 0.6) is 17.2 Å². The van der Waals surface area contributed by atoms with Crippen molar-refractivity contribution in [3.63, 3.8) is 0 Å². The lowest BCUT2D eigenvalue weighted by Gasteiger charge is -2.15. The Hall–Kier alpha value is -2.96. The molecule has 27 heavy (non-hydrogen) atoms. The van der Waals surface area contributed by atoms with E-state index in [2.05, 4.69) is 20.6 Å². The van der Waals surface area contributed by atoms with Crippen LogP contribution in [0.4, 0.5) is 0 Å². The van der Waals surface area contributed by atoms with Crippen molar-refractivity contribution in [1.82, 2.24) is 15.6 Å². The highest BCUT2D eigenvalue weighted by Gasteiger charge is 2.10. The van der Waals surface area contributed by atoms with Crippen molar-refractivity contribution in [2.24, 2.45) is 4.99 Å². The molecule has 0 aliphatic rings. The Morgan fingerprint density at radius 3 is 2.33 bits per heavy atom. The third-order valence-electron chi connectivity index (χ3n) is 4.30. The molecule has 146 valence electrons. The second-order valence-corrected chi connectivity index (χ2v) is 6.01. The number of methoxy groups -OCH3 is 3. The standard InChI is InChI=1S/C20H28N4O3/c1-13-10-22-16(14(2)19(13)27-6)12-24-20(21-3)23-11-15-7-8-17(25-4)18(9-15)26-5/h7-10H,11-12H2,1-6H3,(H2,21,23,24). The lowest BCUT2D eigenvalue weighted by atomic mass is 10.1. The van der Waals surface area contributed by atoms with E-state index in [0.29, 0.717) is 30.5 Å².